The van der Waals surface area contributed by atoms with Gasteiger partial charge in [0, 0.05) is 12.8 Å². The minimum Gasteiger partial charge on any atom is -0.385 e. The van der Waals surface area contributed by atoms with Crippen LogP contribution in [0.4, 0.5) is 0 Å². The second kappa shape index (κ2) is 5.02. The van der Waals surface area contributed by atoms with E-state index in [1.165, 1.54) is 18.5 Å². The molecule has 0 spiro atoms. The molecule has 0 bridgehead atoms. The zero-order chi connectivity index (χ0) is 13.2. The summed E-state index contributed by atoms with van der Waals surface area (Å²) in [5.41, 5.74) is 1.75. The smallest absolute Gasteiger partial charge is 0.100 e. The van der Waals surface area contributed by atoms with Crippen LogP contribution in [-0.2, 0) is 5.60 Å². The molecule has 1 saturated heterocycles. The number of hydrogen-bond donors (Lipinski definition) is 1. The number of nitrogens with zero attached hydrogens (tertiary/aromatic N) is 1. The highest BCUT2D eigenvalue weighted by molar-refractivity contribution is 5.26. The summed E-state index contributed by atoms with van der Waals surface area (Å²) in [6.45, 7) is 7.72. The van der Waals surface area contributed by atoms with Gasteiger partial charge in [0.2, 0.25) is 0 Å². The molecule has 2 nitrogen and oxygen atoms in total. The summed E-state index contributed by atoms with van der Waals surface area (Å²) in [4.78, 5) is 0. The second-order valence-electron chi connectivity index (χ2n) is 6.19. The van der Waals surface area contributed by atoms with Crippen molar-refractivity contribution in [1.82, 2.24) is 0 Å². The predicted molar refractivity (Wildman–Crippen MR) is 75.4 cm³/mol. The van der Waals surface area contributed by atoms with Crippen molar-refractivity contribution in [2.24, 2.45) is 0 Å². The summed E-state index contributed by atoms with van der Waals surface area (Å²) in [5.74, 6) is 0. The maximum Gasteiger partial charge on any atom is 0.100 e. The number of likely N-dealkylation sites (tertiary alicyclic amines) is 1. The largest absolute Gasteiger partial charge is 0.385 e. The molecule has 1 aliphatic rings. The van der Waals surface area contributed by atoms with Crippen LogP contribution in [-0.4, -0.2) is 36.3 Å². The third-order valence-electron chi connectivity index (χ3n) is 4.48. The topological polar surface area (TPSA) is 20.2 Å². The molecule has 1 N–H and O–H groups in total. The highest BCUT2D eigenvalue weighted by Gasteiger charge is 2.39. The minimum atomic E-state index is -0.598. The molecule has 0 radical (unpaired) electrons. The van der Waals surface area contributed by atoms with Crippen molar-refractivity contribution in [2.75, 3.05) is 26.7 Å². The van der Waals surface area contributed by atoms with Gasteiger partial charge in [-0.1, -0.05) is 36.8 Å². The SMILES string of the molecule is CCC[N+]1(C)CCC(O)(c2ccc(C)cc2)CC1. The van der Waals surface area contributed by atoms with E-state index in [4.69, 9.17) is 0 Å². The molecule has 2 rings (SSSR count). The van der Waals surface area contributed by atoms with Crippen molar-refractivity contribution in [3.05, 3.63) is 35.4 Å². The van der Waals surface area contributed by atoms with Gasteiger partial charge in [0.1, 0.15) is 5.60 Å². The van der Waals surface area contributed by atoms with Crippen molar-refractivity contribution >= 4 is 0 Å². The first-order chi connectivity index (χ1) is 8.47. The molecule has 1 fully saturated rings. The van der Waals surface area contributed by atoms with Gasteiger partial charge in [-0.05, 0) is 18.9 Å². The first-order valence-electron chi connectivity index (χ1n) is 7.11. The summed E-state index contributed by atoms with van der Waals surface area (Å²) < 4.78 is 1.12. The van der Waals surface area contributed by atoms with Crippen molar-refractivity contribution in [1.29, 1.82) is 0 Å². The summed E-state index contributed by atoms with van der Waals surface area (Å²) in [6.07, 6.45) is 2.98. The third kappa shape index (κ3) is 2.76. The molecule has 1 aliphatic heterocycles. The number of aryl methyl sites for hydroxylation is 1. The molecule has 100 valence electrons. The van der Waals surface area contributed by atoms with E-state index in [2.05, 4.69) is 45.2 Å². The van der Waals surface area contributed by atoms with Gasteiger partial charge < -0.3 is 9.59 Å². The monoisotopic (exact) mass is 248 g/mol. The van der Waals surface area contributed by atoms with Crippen LogP contribution >= 0.6 is 0 Å². The van der Waals surface area contributed by atoms with E-state index in [1.807, 2.05) is 0 Å². The van der Waals surface area contributed by atoms with Crippen molar-refractivity contribution in [3.8, 4) is 0 Å². The summed E-state index contributed by atoms with van der Waals surface area (Å²) in [5, 5.41) is 10.8. The van der Waals surface area contributed by atoms with Crippen LogP contribution in [0.15, 0.2) is 24.3 Å². The van der Waals surface area contributed by atoms with Crippen molar-refractivity contribution in [3.63, 3.8) is 0 Å². The zero-order valence-corrected chi connectivity index (χ0v) is 11.9. The van der Waals surface area contributed by atoms with Crippen LogP contribution in [0.25, 0.3) is 0 Å². The van der Waals surface area contributed by atoms with Crippen LogP contribution in [0.3, 0.4) is 0 Å². The van der Waals surface area contributed by atoms with E-state index in [0.29, 0.717) is 0 Å². The van der Waals surface area contributed by atoms with Gasteiger partial charge in [-0.2, -0.15) is 0 Å². The lowest BCUT2D eigenvalue weighted by molar-refractivity contribution is -0.916. The average molecular weight is 248 g/mol. The van der Waals surface area contributed by atoms with Crippen LogP contribution in [0.5, 0.6) is 0 Å². The van der Waals surface area contributed by atoms with E-state index in [1.54, 1.807) is 0 Å². The van der Waals surface area contributed by atoms with Crippen LogP contribution < -0.4 is 0 Å². The first kappa shape index (κ1) is 13.6. The highest BCUT2D eigenvalue weighted by Crippen LogP contribution is 2.35. The highest BCUT2D eigenvalue weighted by atomic mass is 16.3. The van der Waals surface area contributed by atoms with E-state index < -0.39 is 5.60 Å². The Morgan fingerprint density at radius 1 is 1.17 bits per heavy atom. The zero-order valence-electron chi connectivity index (χ0n) is 11.9. The van der Waals surface area contributed by atoms with Gasteiger partial charge in [-0.3, -0.25) is 0 Å². The maximum atomic E-state index is 10.8. The Hall–Kier alpha value is -0.860. The van der Waals surface area contributed by atoms with Gasteiger partial charge in [0.15, 0.2) is 0 Å². The number of benzene rings is 1. The lowest BCUT2D eigenvalue weighted by Crippen LogP contribution is -2.54. The quantitative estimate of drug-likeness (QED) is 0.816. The fraction of sp³-hybridized carbons (Fsp3) is 0.625. The molecule has 1 aromatic carbocycles. The number of aliphatic hydroxyl groups is 1. The van der Waals surface area contributed by atoms with E-state index in [-0.39, 0.29) is 0 Å². The summed E-state index contributed by atoms with van der Waals surface area (Å²) in [6, 6.07) is 8.37. The normalized spacial score (nSPS) is 32.4. The van der Waals surface area contributed by atoms with Gasteiger partial charge >= 0.3 is 0 Å². The molecule has 0 atom stereocenters. The predicted octanol–water partition coefficient (Wildman–Crippen LogP) is 2.83. The van der Waals surface area contributed by atoms with Gasteiger partial charge in [0.05, 0.1) is 26.7 Å². The molecule has 0 aromatic heterocycles. The molecule has 0 aliphatic carbocycles. The maximum absolute atomic E-state index is 10.8. The van der Waals surface area contributed by atoms with Gasteiger partial charge in [-0.25, -0.2) is 0 Å². The second-order valence-corrected chi connectivity index (χ2v) is 6.19. The van der Waals surface area contributed by atoms with Gasteiger partial charge in [-0.15, -0.1) is 0 Å². The Morgan fingerprint density at radius 3 is 2.22 bits per heavy atom. The van der Waals surface area contributed by atoms with Crippen LogP contribution in [0.1, 0.15) is 37.3 Å². The summed E-state index contributed by atoms with van der Waals surface area (Å²) in [7, 11) is 2.32. The van der Waals surface area contributed by atoms with Gasteiger partial charge in [0.25, 0.3) is 0 Å². The number of rotatable bonds is 3. The lowest BCUT2D eigenvalue weighted by Gasteiger charge is -2.44. The molecule has 18 heavy (non-hydrogen) atoms. The molecule has 0 amide bonds. The third-order valence-corrected chi connectivity index (χ3v) is 4.48. The standard InChI is InChI=1S/C16H26NO/c1-4-11-17(3)12-9-16(18,10-13-17)15-7-5-14(2)6-8-15/h5-8,18H,4,9-13H2,1-3H3/q+1. The Kier molecular flexibility index (Phi) is 3.79. The number of hydrogen-bond acceptors (Lipinski definition) is 1. The summed E-state index contributed by atoms with van der Waals surface area (Å²) >= 11 is 0. The van der Waals surface area contributed by atoms with Crippen LogP contribution in [0, 0.1) is 6.92 Å². The minimum absolute atomic E-state index is 0.598. The molecule has 2 heteroatoms. The molecule has 0 saturated carbocycles. The average Bonchev–Trinajstić information content (AvgIpc) is 2.35. The first-order valence-corrected chi connectivity index (χ1v) is 7.11. The Morgan fingerprint density at radius 2 is 1.72 bits per heavy atom. The number of quaternary nitrogens is 1. The molecular weight excluding hydrogens is 222 g/mol. The van der Waals surface area contributed by atoms with E-state index >= 15 is 0 Å². The van der Waals surface area contributed by atoms with E-state index in [0.717, 1.165) is 36.0 Å². The Labute approximate surface area is 111 Å². The Bertz CT molecular complexity index is 388. The van der Waals surface area contributed by atoms with E-state index in [9.17, 15) is 5.11 Å². The molecule has 1 heterocycles. The fourth-order valence-corrected chi connectivity index (χ4v) is 3.06. The molecule has 1 aromatic rings. The van der Waals surface area contributed by atoms with Crippen molar-refractivity contribution in [2.45, 2.75) is 38.7 Å². The van der Waals surface area contributed by atoms with Crippen molar-refractivity contribution < 1.29 is 9.59 Å². The number of piperidine rings is 1. The lowest BCUT2D eigenvalue weighted by atomic mass is 9.83. The fourth-order valence-electron chi connectivity index (χ4n) is 3.06. The molecule has 0 unspecified atom stereocenters. The van der Waals surface area contributed by atoms with Crippen LogP contribution in [0.2, 0.25) is 0 Å². The molecular formula is C16H26NO+. The Balaban J connectivity index is 2.09.